The molecule has 4 heteroatoms. The summed E-state index contributed by atoms with van der Waals surface area (Å²) in [6.45, 7) is 0.394. The van der Waals surface area contributed by atoms with Gasteiger partial charge in [0.05, 0.1) is 16.6 Å². The maximum absolute atomic E-state index is 6.79. The van der Waals surface area contributed by atoms with Crippen molar-refractivity contribution < 1.29 is 9.15 Å². The Morgan fingerprint density at radius 1 is 0.647 bits per heavy atom. The van der Waals surface area contributed by atoms with Crippen LogP contribution in [0.5, 0.6) is 5.75 Å². The Hall–Kier alpha value is -6.52. The number of nitrogen functional groups attached to an aromatic ring is 1. The Balaban J connectivity index is 1.05. The van der Waals surface area contributed by atoms with Crippen molar-refractivity contribution in [3.8, 4) is 33.7 Å². The van der Waals surface area contributed by atoms with Gasteiger partial charge in [-0.2, -0.15) is 0 Å². The van der Waals surface area contributed by atoms with E-state index in [1.54, 1.807) is 0 Å². The van der Waals surface area contributed by atoms with E-state index in [1.165, 1.54) is 49.6 Å². The molecule has 0 bridgehead atoms. The molecule has 0 amide bonds. The van der Waals surface area contributed by atoms with Crippen LogP contribution in [0.1, 0.15) is 17.7 Å². The summed E-state index contributed by atoms with van der Waals surface area (Å²) in [6.07, 6.45) is 4.22. The largest absolute Gasteiger partial charge is 0.486 e. The van der Waals surface area contributed by atoms with Crippen LogP contribution in [0.3, 0.4) is 0 Å². The highest BCUT2D eigenvalue weighted by Gasteiger charge is 2.25. The monoisotopic (exact) mass is 658 g/mol. The number of fused-ring (bicyclic) bond motifs is 7. The van der Waals surface area contributed by atoms with Crippen molar-refractivity contribution in [2.45, 2.75) is 12.8 Å². The van der Waals surface area contributed by atoms with Gasteiger partial charge in [-0.3, -0.25) is 0 Å². The van der Waals surface area contributed by atoms with E-state index >= 15 is 0 Å². The summed E-state index contributed by atoms with van der Waals surface area (Å²) in [4.78, 5) is 0. The highest BCUT2D eigenvalue weighted by molar-refractivity contribution is 6.14. The maximum atomic E-state index is 6.79. The SMILES string of the molecule is Nc1ccc2oc3c(-c4ccc5ccccc5c4)cccc3c2c1OCC1=CCCc2c1c1ccccc1n2-c1cccc(-c2ccccc2)c1. The van der Waals surface area contributed by atoms with Crippen LogP contribution in [-0.2, 0) is 6.42 Å². The number of furan rings is 1. The molecule has 0 spiro atoms. The third kappa shape index (κ3) is 4.83. The quantitative estimate of drug-likeness (QED) is 0.181. The van der Waals surface area contributed by atoms with Gasteiger partial charge in [-0.15, -0.1) is 0 Å². The summed E-state index contributed by atoms with van der Waals surface area (Å²) in [5, 5.41) is 5.54. The third-order valence-corrected chi connectivity index (χ3v) is 10.4. The molecule has 0 fully saturated rings. The average molecular weight is 659 g/mol. The van der Waals surface area contributed by atoms with Crippen molar-refractivity contribution in [1.29, 1.82) is 0 Å². The van der Waals surface area contributed by atoms with Crippen LogP contribution in [0.2, 0.25) is 0 Å². The van der Waals surface area contributed by atoms with Crippen LogP contribution in [0, 0.1) is 0 Å². The Kier molecular flexibility index (Phi) is 6.81. The van der Waals surface area contributed by atoms with Crippen molar-refractivity contribution in [2.75, 3.05) is 12.3 Å². The lowest BCUT2D eigenvalue weighted by atomic mass is 9.94. The fourth-order valence-corrected chi connectivity index (χ4v) is 8.02. The lowest BCUT2D eigenvalue weighted by molar-refractivity contribution is 0.375. The molecule has 0 saturated carbocycles. The van der Waals surface area contributed by atoms with E-state index < -0.39 is 0 Å². The molecule has 1 aliphatic carbocycles. The number of nitrogens with two attached hydrogens (primary N) is 1. The van der Waals surface area contributed by atoms with Crippen molar-refractivity contribution in [1.82, 2.24) is 4.57 Å². The van der Waals surface area contributed by atoms with Gasteiger partial charge in [0, 0.05) is 33.3 Å². The first kappa shape index (κ1) is 29.4. The number of nitrogens with zero attached hydrogens (tertiary/aromatic N) is 1. The van der Waals surface area contributed by atoms with Crippen LogP contribution >= 0.6 is 0 Å². The minimum atomic E-state index is 0.394. The summed E-state index contributed by atoms with van der Waals surface area (Å²) in [6, 6.07) is 53.3. The molecule has 1 aliphatic rings. The molecule has 51 heavy (non-hydrogen) atoms. The first-order valence-electron chi connectivity index (χ1n) is 17.5. The smallest absolute Gasteiger partial charge is 0.154 e. The average Bonchev–Trinajstić information content (AvgIpc) is 3.74. The lowest BCUT2D eigenvalue weighted by Crippen LogP contribution is -2.10. The van der Waals surface area contributed by atoms with Gasteiger partial charge in [-0.1, -0.05) is 121 Å². The summed E-state index contributed by atoms with van der Waals surface area (Å²) in [5.74, 6) is 0.661. The summed E-state index contributed by atoms with van der Waals surface area (Å²) in [7, 11) is 0. The zero-order chi connectivity index (χ0) is 33.9. The van der Waals surface area contributed by atoms with E-state index in [9.17, 15) is 0 Å². The number of benzene rings is 7. The normalized spacial score (nSPS) is 12.8. The Bertz CT molecular complexity index is 2820. The molecular weight excluding hydrogens is 625 g/mol. The van der Waals surface area contributed by atoms with E-state index in [-0.39, 0.29) is 0 Å². The van der Waals surface area contributed by atoms with Crippen LogP contribution in [0.15, 0.2) is 162 Å². The summed E-state index contributed by atoms with van der Waals surface area (Å²) in [5.41, 5.74) is 19.6. The topological polar surface area (TPSA) is 53.3 Å². The Morgan fingerprint density at radius 3 is 2.35 bits per heavy atom. The zero-order valence-corrected chi connectivity index (χ0v) is 28.0. The molecule has 2 N–H and O–H groups in total. The minimum absolute atomic E-state index is 0.394. The number of aromatic nitrogens is 1. The number of allylic oxidation sites excluding steroid dienone is 1. The highest BCUT2D eigenvalue weighted by atomic mass is 16.5. The number of para-hydroxylation sites is 2. The molecule has 0 radical (unpaired) electrons. The van der Waals surface area contributed by atoms with Gasteiger partial charge >= 0.3 is 0 Å². The number of hydrogen-bond acceptors (Lipinski definition) is 3. The van der Waals surface area contributed by atoms with Crippen LogP contribution in [0.25, 0.3) is 77.1 Å². The highest BCUT2D eigenvalue weighted by Crippen LogP contribution is 2.44. The number of rotatable bonds is 6. The molecule has 244 valence electrons. The van der Waals surface area contributed by atoms with Gasteiger partial charge in [-0.05, 0) is 82.3 Å². The molecular formula is C47H34N2O2. The number of hydrogen-bond donors (Lipinski definition) is 1. The predicted molar refractivity (Wildman–Crippen MR) is 212 cm³/mol. The molecule has 10 rings (SSSR count). The Morgan fingerprint density at radius 2 is 1.43 bits per heavy atom. The van der Waals surface area contributed by atoms with E-state index in [4.69, 9.17) is 14.9 Å². The molecule has 2 aromatic heterocycles. The van der Waals surface area contributed by atoms with Gasteiger partial charge in [-0.25, -0.2) is 0 Å². The standard InChI is InChI=1S/C47H34N2O2/c48-40-25-26-43-45(39-20-10-19-37(46(39)51-43)34-24-23-31-13-4-5-14-32(31)27-34)47(40)50-29-35-16-9-22-42-44(35)38-18-6-7-21-41(38)49(42)36-17-8-15-33(28-36)30-11-2-1-3-12-30/h1-8,10-21,23-28H,9,22,29,48H2. The van der Waals surface area contributed by atoms with Crippen molar-refractivity contribution in [2.24, 2.45) is 0 Å². The molecule has 2 heterocycles. The molecule has 0 atom stereocenters. The van der Waals surface area contributed by atoms with Crippen molar-refractivity contribution >= 4 is 54.9 Å². The van der Waals surface area contributed by atoms with Gasteiger partial charge in [0.1, 0.15) is 17.8 Å². The maximum Gasteiger partial charge on any atom is 0.154 e. The second kappa shape index (κ2) is 11.8. The third-order valence-electron chi connectivity index (χ3n) is 10.4. The van der Waals surface area contributed by atoms with Crippen LogP contribution in [0.4, 0.5) is 5.69 Å². The van der Waals surface area contributed by atoms with Gasteiger partial charge < -0.3 is 19.5 Å². The summed E-state index contributed by atoms with van der Waals surface area (Å²) >= 11 is 0. The number of anilines is 1. The second-order valence-corrected chi connectivity index (χ2v) is 13.4. The Labute approximate surface area is 295 Å². The van der Waals surface area contributed by atoms with Crippen molar-refractivity contribution in [3.63, 3.8) is 0 Å². The molecule has 0 unspecified atom stereocenters. The molecule has 0 aliphatic heterocycles. The fraction of sp³-hybridized carbons (Fsp3) is 0.0638. The predicted octanol–water partition coefficient (Wildman–Crippen LogP) is 12.0. The zero-order valence-electron chi connectivity index (χ0n) is 28.0. The molecule has 0 saturated heterocycles. The van der Waals surface area contributed by atoms with E-state index in [0.717, 1.165) is 51.6 Å². The molecule has 9 aromatic rings. The van der Waals surface area contributed by atoms with Gasteiger partial charge in [0.2, 0.25) is 0 Å². The molecule has 7 aromatic carbocycles. The first-order chi connectivity index (χ1) is 25.2. The first-order valence-corrected chi connectivity index (χ1v) is 17.5. The van der Waals surface area contributed by atoms with Gasteiger partial charge in [0.15, 0.2) is 5.75 Å². The summed E-state index contributed by atoms with van der Waals surface area (Å²) < 4.78 is 15.8. The van der Waals surface area contributed by atoms with Crippen molar-refractivity contribution in [3.05, 3.63) is 169 Å². The van der Waals surface area contributed by atoms with E-state index in [0.29, 0.717) is 18.0 Å². The minimum Gasteiger partial charge on any atom is -0.486 e. The lowest BCUT2D eigenvalue weighted by Gasteiger charge is -2.19. The van der Waals surface area contributed by atoms with Crippen LogP contribution in [-0.4, -0.2) is 11.2 Å². The van der Waals surface area contributed by atoms with E-state index in [2.05, 4.69) is 150 Å². The number of ether oxygens (including phenoxy) is 1. The van der Waals surface area contributed by atoms with Crippen LogP contribution < -0.4 is 10.5 Å². The van der Waals surface area contributed by atoms with E-state index in [1.807, 2.05) is 12.1 Å². The fourth-order valence-electron chi connectivity index (χ4n) is 8.02. The van der Waals surface area contributed by atoms with Gasteiger partial charge in [0.25, 0.3) is 0 Å². The second-order valence-electron chi connectivity index (χ2n) is 13.4. The molecule has 4 nitrogen and oxygen atoms in total.